The van der Waals surface area contributed by atoms with Crippen LogP contribution < -0.4 is 5.56 Å². The number of hydrogen-bond acceptors (Lipinski definition) is 2. The number of H-pyrrole nitrogens is 1. The molecular formula is C12H12N2O. The van der Waals surface area contributed by atoms with Gasteiger partial charge in [0.05, 0.1) is 5.56 Å². The second-order valence-electron chi connectivity index (χ2n) is 3.53. The molecular weight excluding hydrogens is 188 g/mol. The molecule has 1 aromatic carbocycles. The Bertz CT molecular complexity index is 543. The molecule has 0 bridgehead atoms. The second-order valence-corrected chi connectivity index (χ2v) is 3.53. The normalized spacial score (nSPS) is 10.3. The Morgan fingerprint density at radius 1 is 1.13 bits per heavy atom. The molecule has 0 unspecified atom stereocenters. The SMILES string of the molecule is Cc1ncc(-c2ccccc2C)c(=O)[nH]1. The maximum atomic E-state index is 11.7. The van der Waals surface area contributed by atoms with Crippen molar-refractivity contribution in [2.45, 2.75) is 13.8 Å². The van der Waals surface area contributed by atoms with E-state index in [4.69, 9.17) is 0 Å². The van der Waals surface area contributed by atoms with Gasteiger partial charge in [0.25, 0.3) is 5.56 Å². The van der Waals surface area contributed by atoms with Crippen LogP contribution in [-0.4, -0.2) is 9.97 Å². The lowest BCUT2D eigenvalue weighted by Gasteiger charge is -2.04. The van der Waals surface area contributed by atoms with E-state index in [0.29, 0.717) is 11.4 Å². The quantitative estimate of drug-likeness (QED) is 0.765. The van der Waals surface area contributed by atoms with Crippen LogP contribution in [0.4, 0.5) is 0 Å². The van der Waals surface area contributed by atoms with Crippen molar-refractivity contribution in [1.29, 1.82) is 0 Å². The summed E-state index contributed by atoms with van der Waals surface area (Å²) in [6, 6.07) is 7.78. The highest BCUT2D eigenvalue weighted by Gasteiger charge is 2.05. The summed E-state index contributed by atoms with van der Waals surface area (Å²) in [6.07, 6.45) is 1.62. The number of hydrogen-bond donors (Lipinski definition) is 1. The van der Waals surface area contributed by atoms with Crippen molar-refractivity contribution < 1.29 is 0 Å². The van der Waals surface area contributed by atoms with E-state index < -0.39 is 0 Å². The van der Waals surface area contributed by atoms with Crippen LogP contribution in [0.2, 0.25) is 0 Å². The monoisotopic (exact) mass is 200 g/mol. The fraction of sp³-hybridized carbons (Fsp3) is 0.167. The summed E-state index contributed by atoms with van der Waals surface area (Å²) < 4.78 is 0. The lowest BCUT2D eigenvalue weighted by molar-refractivity contribution is 1.02. The highest BCUT2D eigenvalue weighted by molar-refractivity contribution is 5.65. The molecule has 0 fully saturated rings. The van der Waals surface area contributed by atoms with E-state index in [9.17, 15) is 4.79 Å². The highest BCUT2D eigenvalue weighted by Crippen LogP contribution is 2.18. The summed E-state index contributed by atoms with van der Waals surface area (Å²) in [5.41, 5.74) is 2.55. The molecule has 1 N–H and O–H groups in total. The number of aromatic amines is 1. The van der Waals surface area contributed by atoms with Crippen LogP contribution in [-0.2, 0) is 0 Å². The van der Waals surface area contributed by atoms with Crippen LogP contribution in [0.25, 0.3) is 11.1 Å². The third-order valence-electron chi connectivity index (χ3n) is 2.36. The van der Waals surface area contributed by atoms with Crippen molar-refractivity contribution in [2.24, 2.45) is 0 Å². The number of benzene rings is 1. The van der Waals surface area contributed by atoms with Crippen molar-refractivity contribution in [2.75, 3.05) is 0 Å². The summed E-state index contributed by atoms with van der Waals surface area (Å²) in [5, 5.41) is 0. The predicted octanol–water partition coefficient (Wildman–Crippen LogP) is 2.05. The molecule has 0 amide bonds. The minimum atomic E-state index is -0.0863. The zero-order valence-corrected chi connectivity index (χ0v) is 8.74. The second kappa shape index (κ2) is 3.69. The van der Waals surface area contributed by atoms with Gasteiger partial charge < -0.3 is 4.98 Å². The maximum absolute atomic E-state index is 11.7. The van der Waals surface area contributed by atoms with E-state index in [1.54, 1.807) is 13.1 Å². The minimum Gasteiger partial charge on any atom is -0.310 e. The summed E-state index contributed by atoms with van der Waals surface area (Å²) in [5.74, 6) is 0.636. The Morgan fingerprint density at radius 3 is 2.53 bits per heavy atom. The van der Waals surface area contributed by atoms with Gasteiger partial charge >= 0.3 is 0 Å². The third-order valence-corrected chi connectivity index (χ3v) is 2.36. The predicted molar refractivity (Wildman–Crippen MR) is 59.8 cm³/mol. The molecule has 3 nitrogen and oxygen atoms in total. The maximum Gasteiger partial charge on any atom is 0.258 e. The molecule has 0 spiro atoms. The molecule has 0 saturated heterocycles. The van der Waals surface area contributed by atoms with Crippen molar-refractivity contribution in [3.05, 3.63) is 52.2 Å². The molecule has 2 rings (SSSR count). The zero-order chi connectivity index (χ0) is 10.8. The van der Waals surface area contributed by atoms with Crippen LogP contribution in [0.3, 0.4) is 0 Å². The Kier molecular flexibility index (Phi) is 2.37. The highest BCUT2D eigenvalue weighted by atomic mass is 16.1. The van der Waals surface area contributed by atoms with Gasteiger partial charge in [0.1, 0.15) is 5.82 Å². The van der Waals surface area contributed by atoms with Crippen molar-refractivity contribution >= 4 is 0 Å². The lowest BCUT2D eigenvalue weighted by Crippen LogP contribution is -2.11. The van der Waals surface area contributed by atoms with Crippen LogP contribution >= 0.6 is 0 Å². The molecule has 2 aromatic rings. The van der Waals surface area contributed by atoms with Crippen molar-refractivity contribution in [1.82, 2.24) is 9.97 Å². The average molecular weight is 200 g/mol. The van der Waals surface area contributed by atoms with Crippen LogP contribution in [0.5, 0.6) is 0 Å². The lowest BCUT2D eigenvalue weighted by atomic mass is 10.0. The van der Waals surface area contributed by atoms with E-state index in [1.807, 2.05) is 31.2 Å². The number of nitrogens with one attached hydrogen (secondary N) is 1. The van der Waals surface area contributed by atoms with Gasteiger partial charge in [-0.3, -0.25) is 4.79 Å². The molecule has 0 radical (unpaired) electrons. The molecule has 1 heterocycles. The molecule has 76 valence electrons. The molecule has 0 aliphatic heterocycles. The van der Waals surface area contributed by atoms with Crippen LogP contribution in [0.15, 0.2) is 35.3 Å². The first-order valence-corrected chi connectivity index (χ1v) is 4.80. The number of aryl methyl sites for hydroxylation is 2. The van der Waals surface area contributed by atoms with Crippen LogP contribution in [0, 0.1) is 13.8 Å². The Hall–Kier alpha value is -1.90. The first-order chi connectivity index (χ1) is 7.18. The van der Waals surface area contributed by atoms with Gasteiger partial charge in [-0.1, -0.05) is 24.3 Å². The van der Waals surface area contributed by atoms with E-state index in [1.165, 1.54) is 0 Å². The van der Waals surface area contributed by atoms with Gasteiger partial charge in [-0.25, -0.2) is 4.98 Å². The van der Waals surface area contributed by atoms with Crippen LogP contribution in [0.1, 0.15) is 11.4 Å². The van der Waals surface area contributed by atoms with Gasteiger partial charge in [-0.15, -0.1) is 0 Å². The van der Waals surface area contributed by atoms with E-state index in [0.717, 1.165) is 11.1 Å². The molecule has 3 heteroatoms. The Balaban J connectivity index is 2.65. The first kappa shape index (κ1) is 9.65. The molecule has 0 aliphatic rings. The van der Waals surface area contributed by atoms with Gasteiger partial charge in [0, 0.05) is 6.20 Å². The smallest absolute Gasteiger partial charge is 0.258 e. The Morgan fingerprint density at radius 2 is 1.87 bits per heavy atom. The van der Waals surface area contributed by atoms with Gasteiger partial charge in [0.15, 0.2) is 0 Å². The summed E-state index contributed by atoms with van der Waals surface area (Å²) in [7, 11) is 0. The van der Waals surface area contributed by atoms with Crippen molar-refractivity contribution in [3.63, 3.8) is 0 Å². The topological polar surface area (TPSA) is 45.8 Å². The standard InChI is InChI=1S/C12H12N2O/c1-8-5-3-4-6-10(8)11-7-13-9(2)14-12(11)15/h3-7H,1-2H3,(H,13,14,15). The van der Waals surface area contributed by atoms with E-state index >= 15 is 0 Å². The van der Waals surface area contributed by atoms with Gasteiger partial charge in [-0.05, 0) is 25.0 Å². The first-order valence-electron chi connectivity index (χ1n) is 4.80. The molecule has 0 aliphatic carbocycles. The van der Waals surface area contributed by atoms with E-state index in [2.05, 4.69) is 9.97 Å². The summed E-state index contributed by atoms with van der Waals surface area (Å²) >= 11 is 0. The zero-order valence-electron chi connectivity index (χ0n) is 8.74. The van der Waals surface area contributed by atoms with Gasteiger partial charge in [-0.2, -0.15) is 0 Å². The Labute approximate surface area is 87.8 Å². The summed E-state index contributed by atoms with van der Waals surface area (Å²) in [6.45, 7) is 3.75. The van der Waals surface area contributed by atoms with E-state index in [-0.39, 0.29) is 5.56 Å². The molecule has 0 atom stereocenters. The fourth-order valence-corrected chi connectivity index (χ4v) is 1.55. The largest absolute Gasteiger partial charge is 0.310 e. The van der Waals surface area contributed by atoms with Gasteiger partial charge in [0.2, 0.25) is 0 Å². The average Bonchev–Trinajstić information content (AvgIpc) is 2.20. The molecule has 15 heavy (non-hydrogen) atoms. The number of nitrogens with zero attached hydrogens (tertiary/aromatic N) is 1. The minimum absolute atomic E-state index is 0.0863. The molecule has 0 saturated carbocycles. The van der Waals surface area contributed by atoms with Crippen molar-refractivity contribution in [3.8, 4) is 11.1 Å². The fourth-order valence-electron chi connectivity index (χ4n) is 1.55. The number of rotatable bonds is 1. The third kappa shape index (κ3) is 1.81. The molecule has 1 aromatic heterocycles. The summed E-state index contributed by atoms with van der Waals surface area (Å²) in [4.78, 5) is 18.5. The number of aromatic nitrogens is 2.